The van der Waals surface area contributed by atoms with Crippen molar-refractivity contribution in [2.75, 3.05) is 0 Å². The Bertz CT molecular complexity index is 920. The predicted molar refractivity (Wildman–Crippen MR) is 151 cm³/mol. The predicted octanol–water partition coefficient (Wildman–Crippen LogP) is 3.65. The van der Waals surface area contributed by atoms with Crippen molar-refractivity contribution in [2.45, 2.75) is 141 Å². The van der Waals surface area contributed by atoms with Gasteiger partial charge in [-0.1, -0.05) is 71.1 Å². The molecule has 11 heteroatoms. The van der Waals surface area contributed by atoms with Crippen LogP contribution in [0.25, 0.3) is 0 Å². The van der Waals surface area contributed by atoms with E-state index in [1.165, 1.54) is 51.4 Å². The first kappa shape index (κ1) is 33.3. The van der Waals surface area contributed by atoms with Gasteiger partial charge in [-0.05, 0) is 25.7 Å². The Balaban J connectivity index is 1.82. The molecular formula is C29H49N5O6. The number of primary amides is 1. The Morgan fingerprint density at radius 3 is 2.30 bits per heavy atom. The van der Waals surface area contributed by atoms with Crippen LogP contribution in [-0.4, -0.2) is 57.0 Å². The van der Waals surface area contributed by atoms with Gasteiger partial charge in [0.25, 0.3) is 0 Å². The molecule has 226 valence electrons. The first-order chi connectivity index (χ1) is 19.3. The lowest BCUT2D eigenvalue weighted by Gasteiger charge is -2.26. The number of aromatic amines is 1. The van der Waals surface area contributed by atoms with E-state index in [0.29, 0.717) is 19.4 Å². The Morgan fingerprint density at radius 2 is 1.68 bits per heavy atom. The van der Waals surface area contributed by atoms with Crippen molar-refractivity contribution in [3.8, 4) is 0 Å². The van der Waals surface area contributed by atoms with E-state index in [-0.39, 0.29) is 31.6 Å². The highest BCUT2D eigenvalue weighted by molar-refractivity contribution is 5.88. The van der Waals surface area contributed by atoms with E-state index in [1.807, 2.05) is 0 Å². The van der Waals surface area contributed by atoms with Crippen LogP contribution in [0.3, 0.4) is 0 Å². The topological polar surface area (TPSA) is 176 Å². The molecule has 1 aliphatic rings. The molecule has 1 aliphatic heterocycles. The van der Waals surface area contributed by atoms with Gasteiger partial charge in [-0.15, -0.1) is 0 Å². The molecule has 0 aliphatic carbocycles. The molecular weight excluding hydrogens is 514 g/mol. The number of rotatable bonds is 22. The number of unbranched alkanes of at least 4 members (excludes halogenated alkanes) is 10. The number of aromatic nitrogens is 2. The summed E-state index contributed by atoms with van der Waals surface area (Å²) < 4.78 is 5.67. The molecule has 0 bridgehead atoms. The molecule has 0 fully saturated rings. The Hall–Kier alpha value is -2.95. The van der Waals surface area contributed by atoms with Gasteiger partial charge < -0.3 is 25.9 Å². The smallest absolute Gasteiger partial charge is 0.328 e. The highest BCUT2D eigenvalue weighted by atomic mass is 16.5. The molecule has 2 heterocycles. The van der Waals surface area contributed by atoms with Crippen molar-refractivity contribution in [1.82, 2.24) is 20.6 Å². The summed E-state index contributed by atoms with van der Waals surface area (Å²) in [6.45, 7) is 2.67. The second-order valence-electron chi connectivity index (χ2n) is 10.9. The average molecular weight is 564 g/mol. The van der Waals surface area contributed by atoms with Crippen LogP contribution in [0.5, 0.6) is 0 Å². The number of nitrogens with two attached hydrogens (primary N) is 1. The lowest BCUT2D eigenvalue weighted by atomic mass is 10.0. The number of carboxylic acids is 1. The molecule has 0 radical (unpaired) electrons. The Morgan fingerprint density at radius 1 is 1.02 bits per heavy atom. The first-order valence-corrected chi connectivity index (χ1v) is 15.1. The van der Waals surface area contributed by atoms with E-state index >= 15 is 0 Å². The normalized spacial score (nSPS) is 16.1. The number of ether oxygens (including phenoxy) is 1. The number of nitrogens with one attached hydrogen (secondary N) is 3. The number of carboxylic acid groups (broad SMARTS) is 1. The van der Waals surface area contributed by atoms with Crippen LogP contribution >= 0.6 is 0 Å². The third kappa shape index (κ3) is 13.4. The van der Waals surface area contributed by atoms with Crippen LogP contribution in [0.15, 0.2) is 6.33 Å². The number of imidazole rings is 1. The summed E-state index contributed by atoms with van der Waals surface area (Å²) >= 11 is 0. The number of aliphatic carboxylic acids is 1. The van der Waals surface area contributed by atoms with Crippen LogP contribution in [0, 0.1) is 0 Å². The van der Waals surface area contributed by atoms with Crippen LogP contribution in [0.1, 0.15) is 121 Å². The monoisotopic (exact) mass is 563 g/mol. The molecule has 2 amide bonds. The van der Waals surface area contributed by atoms with Gasteiger partial charge in [0.15, 0.2) is 0 Å². The molecule has 2 rings (SSSR count). The van der Waals surface area contributed by atoms with E-state index in [1.54, 1.807) is 6.33 Å². The zero-order chi connectivity index (χ0) is 29.2. The summed E-state index contributed by atoms with van der Waals surface area (Å²) in [4.78, 5) is 56.0. The fraction of sp³-hybridized carbons (Fsp3) is 0.759. The minimum absolute atomic E-state index is 0.0919. The number of esters is 1. The maximum absolute atomic E-state index is 13.1. The molecule has 0 saturated carbocycles. The summed E-state index contributed by atoms with van der Waals surface area (Å²) in [5.41, 5.74) is 7.12. The van der Waals surface area contributed by atoms with Gasteiger partial charge in [0.2, 0.25) is 11.8 Å². The summed E-state index contributed by atoms with van der Waals surface area (Å²) in [5.74, 6) is -2.61. The first-order valence-electron chi connectivity index (χ1n) is 15.1. The van der Waals surface area contributed by atoms with Crippen molar-refractivity contribution < 1.29 is 29.0 Å². The lowest BCUT2D eigenvalue weighted by Crippen LogP contribution is -2.53. The Kier molecular flexibility index (Phi) is 15.9. The molecule has 11 nitrogen and oxygen atoms in total. The van der Waals surface area contributed by atoms with Crippen LogP contribution in [0.4, 0.5) is 0 Å². The highest BCUT2D eigenvalue weighted by Crippen LogP contribution is 2.17. The van der Waals surface area contributed by atoms with Crippen LogP contribution in [0.2, 0.25) is 0 Å². The molecule has 1 aromatic heterocycles. The van der Waals surface area contributed by atoms with E-state index in [9.17, 15) is 19.2 Å². The van der Waals surface area contributed by atoms with Crippen molar-refractivity contribution in [3.63, 3.8) is 0 Å². The lowest BCUT2D eigenvalue weighted by molar-refractivity contribution is -0.155. The van der Waals surface area contributed by atoms with Crippen LogP contribution in [-0.2, 0) is 36.9 Å². The van der Waals surface area contributed by atoms with Crippen molar-refractivity contribution >= 4 is 23.8 Å². The summed E-state index contributed by atoms with van der Waals surface area (Å²) in [6, 6.07) is -1.61. The van der Waals surface area contributed by atoms with E-state index < -0.39 is 36.0 Å². The average Bonchev–Trinajstić information content (AvgIpc) is 3.38. The minimum atomic E-state index is -1.03. The van der Waals surface area contributed by atoms with E-state index in [0.717, 1.165) is 30.7 Å². The van der Waals surface area contributed by atoms with Crippen molar-refractivity contribution in [2.24, 2.45) is 5.73 Å². The molecule has 0 unspecified atom stereocenters. The highest BCUT2D eigenvalue weighted by Gasteiger charge is 2.31. The van der Waals surface area contributed by atoms with Gasteiger partial charge in [0.05, 0.1) is 30.2 Å². The standard InChI is InChI=1S/C29H49N5O6/c1-2-3-4-5-6-7-8-9-10-11-12-14-21(17-26(30)35)40-29(39)22(15-13-16-27(36)37)34-28(38)24-18-23-25(19-31-24)33-20-32-23/h20-22,24,31H,2-19H2,1H3,(H2,30,35)(H,32,33)(H,34,38)(H,36,37)/t21-,22-,24+/m0/s1. The quantitative estimate of drug-likeness (QED) is 0.105. The van der Waals surface area contributed by atoms with Crippen molar-refractivity contribution in [3.05, 3.63) is 17.7 Å². The third-order valence-corrected chi connectivity index (χ3v) is 7.37. The van der Waals surface area contributed by atoms with Gasteiger partial charge >= 0.3 is 11.9 Å². The summed E-state index contributed by atoms with van der Waals surface area (Å²) in [7, 11) is 0. The number of carbonyl (C=O) groups is 4. The SMILES string of the molecule is CCCCCCCCCCCCC[C@@H](CC(N)=O)OC(=O)[C@H](CCCC(=O)O)NC(=O)[C@H]1Cc2nc[nH]c2CN1. The molecule has 0 spiro atoms. The van der Waals surface area contributed by atoms with Crippen LogP contribution < -0.4 is 16.4 Å². The third-order valence-electron chi connectivity index (χ3n) is 7.37. The summed E-state index contributed by atoms with van der Waals surface area (Å²) in [6.07, 6.45) is 14.9. The Labute approximate surface area is 237 Å². The number of carbonyl (C=O) groups excluding carboxylic acids is 3. The molecule has 6 N–H and O–H groups in total. The fourth-order valence-corrected chi connectivity index (χ4v) is 5.04. The maximum atomic E-state index is 13.1. The zero-order valence-electron chi connectivity index (χ0n) is 24.1. The molecule has 1 aromatic rings. The second-order valence-corrected chi connectivity index (χ2v) is 10.9. The fourth-order valence-electron chi connectivity index (χ4n) is 5.04. The minimum Gasteiger partial charge on any atom is -0.481 e. The number of hydrogen-bond acceptors (Lipinski definition) is 7. The number of fused-ring (bicyclic) bond motifs is 1. The van der Waals surface area contributed by atoms with Gasteiger partial charge in [0.1, 0.15) is 12.1 Å². The van der Waals surface area contributed by atoms with E-state index in [4.69, 9.17) is 15.6 Å². The number of H-pyrrole nitrogens is 1. The van der Waals surface area contributed by atoms with E-state index in [2.05, 4.69) is 27.5 Å². The number of amides is 2. The second kappa shape index (κ2) is 19.2. The number of hydrogen-bond donors (Lipinski definition) is 5. The summed E-state index contributed by atoms with van der Waals surface area (Å²) in [5, 5.41) is 14.9. The van der Waals surface area contributed by atoms with Gasteiger partial charge in [-0.3, -0.25) is 19.7 Å². The van der Waals surface area contributed by atoms with Gasteiger partial charge in [-0.2, -0.15) is 0 Å². The van der Waals surface area contributed by atoms with Crippen molar-refractivity contribution in [1.29, 1.82) is 0 Å². The largest absolute Gasteiger partial charge is 0.481 e. The molecule has 0 saturated heterocycles. The van der Waals surface area contributed by atoms with Gasteiger partial charge in [0, 0.05) is 19.4 Å². The zero-order valence-corrected chi connectivity index (χ0v) is 24.1. The van der Waals surface area contributed by atoms with Gasteiger partial charge in [-0.25, -0.2) is 9.78 Å². The molecule has 40 heavy (non-hydrogen) atoms. The number of nitrogens with zero attached hydrogens (tertiary/aromatic N) is 1. The molecule has 0 aromatic carbocycles. The molecule has 3 atom stereocenters. The maximum Gasteiger partial charge on any atom is 0.328 e.